The van der Waals surface area contributed by atoms with Crippen molar-refractivity contribution in [1.82, 2.24) is 10.2 Å². The third kappa shape index (κ3) is 5.76. The Morgan fingerprint density at radius 2 is 1.62 bits per heavy atom. The van der Waals surface area contributed by atoms with E-state index in [2.05, 4.69) is 5.32 Å². The molecule has 1 heterocycles. The first-order chi connectivity index (χ1) is 17.5. The van der Waals surface area contributed by atoms with E-state index < -0.39 is 11.6 Å². The van der Waals surface area contributed by atoms with E-state index in [4.69, 9.17) is 23.2 Å². The first kappa shape index (κ1) is 27.0. The number of hydrogen-bond acceptors (Lipinski definition) is 3. The SMILES string of the molecule is C[C@@H](C(=O)NC(C)(C)C)N(Cc1c(Cl)cccc1Cl)C(=O)CCCN1C(=O)c2cccc3cccc1c23. The smallest absolute Gasteiger partial charge is 0.258 e. The lowest BCUT2D eigenvalue weighted by Gasteiger charge is -2.32. The second-order valence-corrected chi connectivity index (χ2v) is 11.2. The molecule has 37 heavy (non-hydrogen) atoms. The third-order valence-corrected chi connectivity index (χ3v) is 7.19. The first-order valence-electron chi connectivity index (χ1n) is 12.4. The number of anilines is 1. The molecule has 8 heteroatoms. The van der Waals surface area contributed by atoms with Gasteiger partial charge in [-0.1, -0.05) is 53.5 Å². The van der Waals surface area contributed by atoms with Gasteiger partial charge in [0, 0.05) is 51.6 Å². The Labute approximate surface area is 227 Å². The Hall–Kier alpha value is -3.09. The Morgan fingerprint density at radius 3 is 2.27 bits per heavy atom. The van der Waals surface area contributed by atoms with Crippen molar-refractivity contribution in [3.8, 4) is 0 Å². The predicted molar refractivity (Wildman–Crippen MR) is 149 cm³/mol. The number of nitrogens with one attached hydrogen (secondary N) is 1. The van der Waals surface area contributed by atoms with E-state index in [9.17, 15) is 14.4 Å². The van der Waals surface area contributed by atoms with Crippen molar-refractivity contribution in [3.63, 3.8) is 0 Å². The zero-order valence-electron chi connectivity index (χ0n) is 21.5. The fraction of sp³-hybridized carbons (Fsp3) is 0.345. The van der Waals surface area contributed by atoms with Gasteiger partial charge in [0.25, 0.3) is 5.91 Å². The first-order valence-corrected chi connectivity index (χ1v) is 13.1. The van der Waals surface area contributed by atoms with Gasteiger partial charge in [-0.25, -0.2) is 0 Å². The second kappa shape index (κ2) is 10.7. The summed E-state index contributed by atoms with van der Waals surface area (Å²) in [7, 11) is 0. The summed E-state index contributed by atoms with van der Waals surface area (Å²) in [6.07, 6.45) is 0.598. The highest BCUT2D eigenvalue weighted by Gasteiger charge is 2.31. The Balaban J connectivity index is 1.50. The number of halogens is 2. The lowest BCUT2D eigenvalue weighted by atomic mass is 10.1. The van der Waals surface area contributed by atoms with E-state index in [-0.39, 0.29) is 30.7 Å². The maximum Gasteiger partial charge on any atom is 0.258 e. The number of nitrogens with zero attached hydrogens (tertiary/aromatic N) is 2. The van der Waals surface area contributed by atoms with Crippen molar-refractivity contribution in [2.24, 2.45) is 0 Å². The van der Waals surface area contributed by atoms with Crippen LogP contribution in [0.15, 0.2) is 54.6 Å². The molecule has 1 aliphatic rings. The summed E-state index contributed by atoms with van der Waals surface area (Å²) in [5.41, 5.74) is 1.69. The molecule has 0 spiro atoms. The highest BCUT2D eigenvalue weighted by Crippen LogP contribution is 2.37. The molecule has 194 valence electrons. The van der Waals surface area contributed by atoms with E-state index in [1.165, 1.54) is 4.90 Å². The van der Waals surface area contributed by atoms with Gasteiger partial charge in [0.2, 0.25) is 11.8 Å². The van der Waals surface area contributed by atoms with Crippen LogP contribution in [-0.4, -0.2) is 40.7 Å². The molecule has 0 fully saturated rings. The predicted octanol–water partition coefficient (Wildman–Crippen LogP) is 6.22. The molecule has 1 N–H and O–H groups in total. The lowest BCUT2D eigenvalue weighted by molar-refractivity contribution is -0.141. The number of rotatable bonds is 8. The van der Waals surface area contributed by atoms with Crippen molar-refractivity contribution < 1.29 is 14.4 Å². The van der Waals surface area contributed by atoms with Gasteiger partial charge >= 0.3 is 0 Å². The molecule has 3 amide bonds. The van der Waals surface area contributed by atoms with E-state index >= 15 is 0 Å². The molecule has 3 aromatic rings. The molecule has 0 saturated carbocycles. The van der Waals surface area contributed by atoms with Crippen LogP contribution in [0.2, 0.25) is 10.0 Å². The van der Waals surface area contributed by atoms with Crippen molar-refractivity contribution in [2.75, 3.05) is 11.4 Å². The van der Waals surface area contributed by atoms with Gasteiger partial charge in [-0.05, 0) is 63.8 Å². The van der Waals surface area contributed by atoms with Crippen molar-refractivity contribution >= 4 is 57.4 Å². The molecule has 6 nitrogen and oxygen atoms in total. The van der Waals surface area contributed by atoms with Crippen LogP contribution in [0.4, 0.5) is 5.69 Å². The zero-order chi connectivity index (χ0) is 26.9. The summed E-state index contributed by atoms with van der Waals surface area (Å²) >= 11 is 12.8. The van der Waals surface area contributed by atoms with Gasteiger partial charge in [0.1, 0.15) is 6.04 Å². The fourth-order valence-corrected chi connectivity index (χ4v) is 5.16. The van der Waals surface area contributed by atoms with Crippen LogP contribution in [0.5, 0.6) is 0 Å². The summed E-state index contributed by atoms with van der Waals surface area (Å²) in [6, 6.07) is 16.0. The quantitative estimate of drug-likeness (QED) is 0.369. The largest absolute Gasteiger partial charge is 0.350 e. The molecule has 1 aliphatic heterocycles. The van der Waals surface area contributed by atoms with E-state index in [1.54, 1.807) is 30.0 Å². The molecule has 0 radical (unpaired) electrons. The topological polar surface area (TPSA) is 69.7 Å². The maximum absolute atomic E-state index is 13.5. The maximum atomic E-state index is 13.5. The standard InChI is InChI=1S/C29H31Cl2N3O3/c1-18(27(36)32-29(2,3)4)34(17-21-22(30)12-7-13-23(21)31)25(35)15-8-16-33-24-14-6-10-19-9-5-11-20(26(19)24)28(33)37/h5-7,9-14,18H,8,15-17H2,1-4H3,(H,32,36)/t18-/m0/s1. The highest BCUT2D eigenvalue weighted by atomic mass is 35.5. The fourth-order valence-electron chi connectivity index (χ4n) is 4.64. The number of amides is 3. The normalized spacial score (nSPS) is 13.7. The van der Waals surface area contributed by atoms with Crippen LogP contribution < -0.4 is 10.2 Å². The van der Waals surface area contributed by atoms with E-state index in [1.807, 2.05) is 57.2 Å². The number of hydrogen-bond donors (Lipinski definition) is 1. The zero-order valence-corrected chi connectivity index (χ0v) is 23.0. The molecule has 1 atom stereocenters. The van der Waals surface area contributed by atoms with Gasteiger partial charge < -0.3 is 15.1 Å². The van der Waals surface area contributed by atoms with Gasteiger partial charge in [-0.3, -0.25) is 14.4 Å². The monoisotopic (exact) mass is 539 g/mol. The summed E-state index contributed by atoms with van der Waals surface area (Å²) in [5, 5.41) is 5.78. The molecule has 0 aliphatic carbocycles. The Kier molecular flexibility index (Phi) is 7.81. The third-order valence-electron chi connectivity index (χ3n) is 6.48. The van der Waals surface area contributed by atoms with Crippen LogP contribution >= 0.6 is 23.2 Å². The summed E-state index contributed by atoms with van der Waals surface area (Å²) < 4.78 is 0. The van der Waals surface area contributed by atoms with Crippen LogP contribution in [0.25, 0.3) is 10.8 Å². The Bertz CT molecular complexity index is 1340. The van der Waals surface area contributed by atoms with Gasteiger partial charge in [0.15, 0.2) is 0 Å². The van der Waals surface area contributed by atoms with Crippen molar-refractivity contribution in [3.05, 3.63) is 75.8 Å². The molecule has 0 saturated heterocycles. The molecule has 3 aromatic carbocycles. The van der Waals surface area contributed by atoms with Crippen LogP contribution in [0, 0.1) is 0 Å². The summed E-state index contributed by atoms with van der Waals surface area (Å²) in [4.78, 5) is 42.8. The highest BCUT2D eigenvalue weighted by molar-refractivity contribution is 6.36. The minimum atomic E-state index is -0.745. The average molecular weight is 540 g/mol. The van der Waals surface area contributed by atoms with Gasteiger partial charge in [-0.2, -0.15) is 0 Å². The molecule has 4 rings (SSSR count). The van der Waals surface area contributed by atoms with Crippen molar-refractivity contribution in [1.29, 1.82) is 0 Å². The van der Waals surface area contributed by atoms with Crippen molar-refractivity contribution in [2.45, 2.75) is 58.7 Å². The minimum Gasteiger partial charge on any atom is -0.350 e. The Morgan fingerprint density at radius 1 is 1.00 bits per heavy atom. The molecular weight excluding hydrogens is 509 g/mol. The average Bonchev–Trinajstić information content (AvgIpc) is 3.10. The van der Waals surface area contributed by atoms with E-state index in [0.717, 1.165) is 16.5 Å². The van der Waals surface area contributed by atoms with Gasteiger partial charge in [-0.15, -0.1) is 0 Å². The van der Waals surface area contributed by atoms with Crippen LogP contribution in [-0.2, 0) is 16.1 Å². The lowest BCUT2D eigenvalue weighted by Crippen LogP contribution is -2.52. The summed E-state index contributed by atoms with van der Waals surface area (Å²) in [6.45, 7) is 7.86. The molecule has 0 aromatic heterocycles. The number of carbonyl (C=O) groups is 3. The minimum absolute atomic E-state index is 0.0584. The number of benzene rings is 3. The van der Waals surface area contributed by atoms with E-state index in [0.29, 0.717) is 34.1 Å². The molecule has 0 unspecified atom stereocenters. The van der Waals surface area contributed by atoms with Gasteiger partial charge in [0.05, 0.1) is 5.69 Å². The number of carbonyl (C=O) groups excluding carboxylic acids is 3. The summed E-state index contributed by atoms with van der Waals surface area (Å²) in [5.74, 6) is -0.535. The van der Waals surface area contributed by atoms with Crippen LogP contribution in [0.1, 0.15) is 56.5 Å². The second-order valence-electron chi connectivity index (χ2n) is 10.4. The molecule has 0 bridgehead atoms. The molecular formula is C29H31Cl2N3O3. The van der Waals surface area contributed by atoms with Crippen LogP contribution in [0.3, 0.4) is 0 Å².